The molecule has 8 nitrogen and oxygen atoms in total. The number of pyridine rings is 1. The summed E-state index contributed by atoms with van der Waals surface area (Å²) in [6, 6.07) is 14.9. The van der Waals surface area contributed by atoms with Crippen LogP contribution >= 0.6 is 9.24 Å². The molecule has 3 aromatic rings. The van der Waals surface area contributed by atoms with Gasteiger partial charge in [0.1, 0.15) is 22.5 Å². The summed E-state index contributed by atoms with van der Waals surface area (Å²) < 4.78 is 37.5. The zero-order chi connectivity index (χ0) is 24.9. The Labute approximate surface area is 202 Å². The summed E-state index contributed by atoms with van der Waals surface area (Å²) in [5.41, 5.74) is 0.299. The van der Waals surface area contributed by atoms with Gasteiger partial charge in [0.25, 0.3) is 11.5 Å². The van der Waals surface area contributed by atoms with E-state index in [4.69, 9.17) is 15.3 Å². The lowest BCUT2D eigenvalue weighted by Crippen LogP contribution is -2.28. The number of nitrogens with one attached hydrogen (secondary N) is 1. The predicted octanol–water partition coefficient (Wildman–Crippen LogP) is 3.84. The van der Waals surface area contributed by atoms with Gasteiger partial charge in [-0.15, -0.1) is 0 Å². The highest BCUT2D eigenvalue weighted by molar-refractivity contribution is 7.82. The number of rotatable bonds is 9. The fraction of sp³-hybridized carbons (Fsp3) is 0.217. The first-order chi connectivity index (χ1) is 16.0. The van der Waals surface area contributed by atoms with Gasteiger partial charge in [-0.05, 0) is 60.5 Å². The van der Waals surface area contributed by atoms with Crippen molar-refractivity contribution in [3.8, 4) is 17.4 Å². The highest BCUT2D eigenvalue weighted by Crippen LogP contribution is 2.28. The summed E-state index contributed by atoms with van der Waals surface area (Å²) >= 11 is 0. The van der Waals surface area contributed by atoms with E-state index in [0.29, 0.717) is 34.4 Å². The third-order valence-electron chi connectivity index (χ3n) is 4.58. The van der Waals surface area contributed by atoms with E-state index in [9.17, 15) is 13.4 Å². The Morgan fingerprint density at radius 2 is 1.88 bits per heavy atom. The number of amides is 1. The Hall–Kier alpha value is -2.91. The molecule has 0 radical (unpaired) electrons. The van der Waals surface area contributed by atoms with Crippen molar-refractivity contribution in [2.75, 3.05) is 7.05 Å². The molecule has 1 aromatic heterocycles. The molecule has 180 valence electrons. The molecular weight excluding hydrogens is 478 g/mol. The molecule has 0 aliphatic heterocycles. The van der Waals surface area contributed by atoms with Crippen LogP contribution in [0.5, 0.6) is 17.4 Å². The van der Waals surface area contributed by atoms with Crippen LogP contribution < -0.4 is 20.6 Å². The number of aryl methyl sites for hydroxylation is 1. The molecule has 3 atom stereocenters. The van der Waals surface area contributed by atoms with Gasteiger partial charge in [0.15, 0.2) is 0 Å². The Bertz CT molecular complexity index is 1170. The van der Waals surface area contributed by atoms with Crippen LogP contribution in [0, 0.1) is 6.92 Å². The zero-order valence-corrected chi connectivity index (χ0v) is 20.9. The van der Waals surface area contributed by atoms with Gasteiger partial charge in [-0.25, -0.2) is 9.19 Å². The van der Waals surface area contributed by atoms with Crippen LogP contribution in [0.25, 0.3) is 0 Å². The number of hydrogen-bond donors (Lipinski definition) is 2. The van der Waals surface area contributed by atoms with Crippen molar-refractivity contribution in [2.24, 2.45) is 5.84 Å². The Morgan fingerprint density at radius 1 is 1.21 bits per heavy atom. The normalized spacial score (nSPS) is 13.7. The zero-order valence-electron chi connectivity index (χ0n) is 18.9. The van der Waals surface area contributed by atoms with Crippen molar-refractivity contribution < 1.29 is 22.9 Å². The van der Waals surface area contributed by atoms with Crippen molar-refractivity contribution in [2.45, 2.75) is 30.9 Å². The van der Waals surface area contributed by atoms with E-state index in [0.717, 1.165) is 15.5 Å². The second-order valence-corrected chi connectivity index (χ2v) is 10.2. The lowest BCUT2D eigenvalue weighted by molar-refractivity contribution is 0.0472. The number of ether oxygens (including phenoxy) is 2. The van der Waals surface area contributed by atoms with Crippen molar-refractivity contribution in [1.82, 2.24) is 14.7 Å². The molecule has 1 amide bonds. The molecule has 34 heavy (non-hydrogen) atoms. The maximum Gasteiger partial charge on any atom is 0.256 e. The first kappa shape index (κ1) is 25.7. The molecule has 0 saturated heterocycles. The van der Waals surface area contributed by atoms with Gasteiger partial charge in [0, 0.05) is 32.8 Å². The van der Waals surface area contributed by atoms with Gasteiger partial charge >= 0.3 is 0 Å². The third kappa shape index (κ3) is 7.30. The molecule has 0 aliphatic rings. The largest absolute Gasteiger partial charge is 0.455 e. The van der Waals surface area contributed by atoms with E-state index in [1.165, 1.54) is 20.2 Å². The van der Waals surface area contributed by atoms with Crippen molar-refractivity contribution >= 4 is 26.1 Å². The van der Waals surface area contributed by atoms with E-state index in [-0.39, 0.29) is 5.91 Å². The monoisotopic (exact) mass is 504 g/mol. The lowest BCUT2D eigenvalue weighted by Gasteiger charge is -2.16. The van der Waals surface area contributed by atoms with E-state index >= 15 is 0 Å². The number of hydrazine groups is 1. The highest BCUT2D eigenvalue weighted by atomic mass is 32.2. The van der Waals surface area contributed by atoms with Crippen LogP contribution in [0.2, 0.25) is 0 Å². The summed E-state index contributed by atoms with van der Waals surface area (Å²) in [5.74, 6) is 6.40. The van der Waals surface area contributed by atoms with Crippen molar-refractivity contribution in [3.05, 3.63) is 77.5 Å². The first-order valence-corrected chi connectivity index (χ1v) is 11.9. The van der Waals surface area contributed by atoms with Crippen LogP contribution in [0.3, 0.4) is 0 Å². The van der Waals surface area contributed by atoms with Crippen LogP contribution in [0.15, 0.2) is 65.7 Å². The Balaban J connectivity index is 1.56. The van der Waals surface area contributed by atoms with Gasteiger partial charge in [-0.2, -0.15) is 8.80 Å². The van der Waals surface area contributed by atoms with Crippen molar-refractivity contribution in [1.29, 1.82) is 0 Å². The molecule has 3 N–H and O–H groups in total. The predicted molar refractivity (Wildman–Crippen MR) is 131 cm³/mol. The molecule has 0 bridgehead atoms. The Morgan fingerprint density at radius 3 is 2.44 bits per heavy atom. The number of carbonyl (C=O) groups is 1. The van der Waals surface area contributed by atoms with Gasteiger partial charge in [0.05, 0.1) is 10.5 Å². The third-order valence-corrected chi connectivity index (χ3v) is 5.88. The molecule has 0 fully saturated rings. The molecule has 3 rings (SSSR count). The number of alkyl halides is 1. The summed E-state index contributed by atoms with van der Waals surface area (Å²) in [7, 11) is 2.06. The second-order valence-electron chi connectivity index (χ2n) is 7.61. The minimum absolute atomic E-state index is 0.291. The van der Waals surface area contributed by atoms with Gasteiger partial charge in [-0.3, -0.25) is 10.6 Å². The Kier molecular flexibility index (Phi) is 8.33. The molecule has 0 saturated carbocycles. The number of benzene rings is 2. The summed E-state index contributed by atoms with van der Waals surface area (Å²) in [4.78, 5) is 17.3. The average Bonchev–Trinajstić information content (AvgIpc) is 2.78. The molecule has 0 spiro atoms. The number of carbonyl (C=O) groups excluding carboxylic acids is 1. The van der Waals surface area contributed by atoms with Gasteiger partial charge < -0.3 is 14.8 Å². The fourth-order valence-electron chi connectivity index (χ4n) is 2.92. The molecule has 0 aliphatic carbocycles. The average molecular weight is 505 g/mol. The van der Waals surface area contributed by atoms with E-state index in [1.807, 2.05) is 22.2 Å². The van der Waals surface area contributed by atoms with Gasteiger partial charge in [-0.1, -0.05) is 15.3 Å². The lowest BCUT2D eigenvalue weighted by atomic mass is 10.1. The standard InChI is InChI=1S/C23H26FN4O4PS/c1-15-12-20(34(30)28(3)25)10-4-16(15)13-27-22(29)17-5-11-21(26-14-17)31-18-6-8-19(9-7-18)32-23(2,24)33/h4-12,14H,13,25,33H2,1-3H3,(H,27,29). The molecule has 3 unspecified atom stereocenters. The summed E-state index contributed by atoms with van der Waals surface area (Å²) in [6.07, 6.45) is 1.42. The number of halogens is 1. The molecule has 2 aromatic carbocycles. The summed E-state index contributed by atoms with van der Waals surface area (Å²) in [6.45, 7) is 3.46. The van der Waals surface area contributed by atoms with E-state index in [1.54, 1.807) is 48.5 Å². The van der Waals surface area contributed by atoms with Crippen LogP contribution in [0.1, 0.15) is 28.4 Å². The summed E-state index contributed by atoms with van der Waals surface area (Å²) in [5, 5.41) is 2.84. The number of aromatic nitrogens is 1. The SMILES string of the molecule is Cc1cc(S(=O)N(C)N)ccc1CNC(=O)c1ccc(Oc2ccc(OC(C)(F)P)cc2)nc1. The van der Waals surface area contributed by atoms with Crippen LogP contribution in [0.4, 0.5) is 4.39 Å². The second kappa shape index (κ2) is 11.0. The van der Waals surface area contributed by atoms with Crippen LogP contribution in [-0.4, -0.2) is 32.2 Å². The highest BCUT2D eigenvalue weighted by Gasteiger charge is 2.17. The first-order valence-electron chi connectivity index (χ1n) is 10.2. The van der Waals surface area contributed by atoms with Gasteiger partial charge in [0.2, 0.25) is 5.88 Å². The minimum atomic E-state index is -1.86. The topological polar surface area (TPSA) is 107 Å². The maximum absolute atomic E-state index is 13.5. The quantitative estimate of drug-likeness (QED) is 0.261. The number of hydrogen-bond acceptors (Lipinski definition) is 6. The molecule has 11 heteroatoms. The minimum Gasteiger partial charge on any atom is -0.455 e. The smallest absolute Gasteiger partial charge is 0.256 e. The maximum atomic E-state index is 13.5. The fourth-order valence-corrected chi connectivity index (χ4v) is 3.85. The molecule has 1 heterocycles. The van der Waals surface area contributed by atoms with E-state index < -0.39 is 16.6 Å². The molecular formula is C23H26FN4O4PS. The van der Waals surface area contributed by atoms with Crippen LogP contribution in [-0.2, 0) is 17.5 Å². The van der Waals surface area contributed by atoms with Crippen molar-refractivity contribution in [3.63, 3.8) is 0 Å². The number of nitrogens with two attached hydrogens (primary N) is 1. The number of nitrogens with zero attached hydrogens (tertiary/aromatic N) is 2. The van der Waals surface area contributed by atoms with E-state index in [2.05, 4.69) is 10.3 Å².